The lowest BCUT2D eigenvalue weighted by Gasteiger charge is -2.26. The van der Waals surface area contributed by atoms with Crippen LogP contribution in [0.4, 0.5) is 0 Å². The highest BCUT2D eigenvalue weighted by Crippen LogP contribution is 2.33. The Balaban J connectivity index is 1.64. The van der Waals surface area contributed by atoms with Crippen LogP contribution in [0.3, 0.4) is 0 Å². The monoisotopic (exact) mass is 358 g/mol. The van der Waals surface area contributed by atoms with Gasteiger partial charge in [0.05, 0.1) is 6.61 Å². The summed E-state index contributed by atoms with van der Waals surface area (Å²) in [7, 11) is 1.44. The fourth-order valence-corrected chi connectivity index (χ4v) is 2.69. The van der Waals surface area contributed by atoms with Crippen molar-refractivity contribution in [2.24, 2.45) is 0 Å². The first-order valence-corrected chi connectivity index (χ1v) is 8.78. The highest BCUT2D eigenvalue weighted by molar-refractivity contribution is 5.41. The van der Waals surface area contributed by atoms with E-state index in [1.165, 1.54) is 18.2 Å². The van der Waals surface area contributed by atoms with E-state index >= 15 is 0 Å². The number of epoxide rings is 1. The zero-order valence-corrected chi connectivity index (χ0v) is 15.5. The van der Waals surface area contributed by atoms with Crippen LogP contribution in [0.2, 0.25) is 0 Å². The maximum absolute atomic E-state index is 9.38. The number of hydrogen-bond acceptors (Lipinski definition) is 5. The molecule has 1 saturated heterocycles. The molecule has 3 rings (SSSR count). The van der Waals surface area contributed by atoms with E-state index in [1.807, 2.05) is 36.4 Å². The molecule has 5 heteroatoms. The van der Waals surface area contributed by atoms with Crippen LogP contribution in [0.25, 0.3) is 0 Å². The van der Waals surface area contributed by atoms with Gasteiger partial charge in [0.2, 0.25) is 0 Å². The minimum absolute atomic E-state index is 0.104. The van der Waals surface area contributed by atoms with Crippen molar-refractivity contribution in [1.29, 1.82) is 0 Å². The quantitative estimate of drug-likeness (QED) is 0.551. The summed E-state index contributed by atoms with van der Waals surface area (Å²) in [5, 5.41) is 9.38. The van der Waals surface area contributed by atoms with Gasteiger partial charge in [-0.2, -0.15) is 0 Å². The van der Waals surface area contributed by atoms with Crippen molar-refractivity contribution in [3.8, 4) is 11.5 Å². The molecule has 1 aliphatic rings. The molecular weight excluding hydrogens is 332 g/mol. The molecular formula is C21H26O5. The molecule has 1 heterocycles. The highest BCUT2D eigenvalue weighted by atomic mass is 16.6. The number of methoxy groups -OCH3 is 1. The molecule has 140 valence electrons. The van der Waals surface area contributed by atoms with Gasteiger partial charge in [-0.25, -0.2) is 0 Å². The number of rotatable bonds is 9. The second kappa shape index (κ2) is 8.08. The topological polar surface area (TPSA) is 60.5 Å². The van der Waals surface area contributed by atoms with Crippen LogP contribution in [-0.4, -0.2) is 44.4 Å². The fraction of sp³-hybridized carbons (Fsp3) is 0.429. The molecule has 2 atom stereocenters. The lowest BCUT2D eigenvalue weighted by atomic mass is 9.78. The van der Waals surface area contributed by atoms with Crippen molar-refractivity contribution in [3.05, 3.63) is 59.7 Å². The molecule has 1 N–H and O–H groups in total. The maximum atomic E-state index is 9.38. The molecule has 26 heavy (non-hydrogen) atoms. The summed E-state index contributed by atoms with van der Waals surface area (Å²) < 4.78 is 21.1. The molecule has 1 aliphatic heterocycles. The maximum Gasteiger partial charge on any atom is 0.188 e. The summed E-state index contributed by atoms with van der Waals surface area (Å²) in [6.45, 7) is 5.89. The zero-order valence-electron chi connectivity index (χ0n) is 15.5. The van der Waals surface area contributed by atoms with Crippen LogP contribution in [-0.2, 0) is 14.9 Å². The second-order valence-corrected chi connectivity index (χ2v) is 6.94. The van der Waals surface area contributed by atoms with E-state index in [1.54, 1.807) is 0 Å². The van der Waals surface area contributed by atoms with Gasteiger partial charge in [0.25, 0.3) is 0 Å². The van der Waals surface area contributed by atoms with Crippen LogP contribution >= 0.6 is 0 Å². The number of aliphatic hydroxyl groups excluding tert-OH is 1. The Kier molecular flexibility index (Phi) is 5.81. The smallest absolute Gasteiger partial charge is 0.188 e. The summed E-state index contributed by atoms with van der Waals surface area (Å²) in [5.74, 6) is 1.56. The summed E-state index contributed by atoms with van der Waals surface area (Å²) in [6, 6.07) is 16.1. The van der Waals surface area contributed by atoms with Crippen LogP contribution < -0.4 is 9.47 Å². The van der Waals surface area contributed by atoms with E-state index in [9.17, 15) is 5.11 Å². The third kappa shape index (κ3) is 4.75. The summed E-state index contributed by atoms with van der Waals surface area (Å²) in [5.41, 5.74) is 2.23. The second-order valence-electron chi connectivity index (χ2n) is 6.94. The molecule has 0 bridgehead atoms. The highest BCUT2D eigenvalue weighted by Gasteiger charge is 2.24. The summed E-state index contributed by atoms with van der Waals surface area (Å²) >= 11 is 0. The standard InChI is InChI=1S/C21H26O5/c1-21(2,15-4-8-17(9-5-15)24-12-19-13-25-19)16-6-10-18(11-7-16)26-14-20(22)23-3/h4-11,19-20,22H,12-14H2,1-3H3. The number of benzene rings is 2. The van der Waals surface area contributed by atoms with E-state index in [0.717, 1.165) is 12.4 Å². The number of hydrogen-bond donors (Lipinski definition) is 1. The number of ether oxygens (including phenoxy) is 4. The average Bonchev–Trinajstić information content (AvgIpc) is 3.49. The molecule has 0 aromatic heterocycles. The average molecular weight is 358 g/mol. The summed E-state index contributed by atoms with van der Waals surface area (Å²) in [6.07, 6.45) is -0.657. The predicted molar refractivity (Wildman–Crippen MR) is 98.8 cm³/mol. The molecule has 5 nitrogen and oxygen atoms in total. The Labute approximate surface area is 154 Å². The van der Waals surface area contributed by atoms with Crippen LogP contribution in [0.15, 0.2) is 48.5 Å². The van der Waals surface area contributed by atoms with Gasteiger partial charge >= 0.3 is 0 Å². The minimum atomic E-state index is -0.918. The first kappa shape index (κ1) is 18.7. The first-order chi connectivity index (χ1) is 12.5. The lowest BCUT2D eigenvalue weighted by molar-refractivity contribution is -0.0968. The van der Waals surface area contributed by atoms with Gasteiger partial charge in [0, 0.05) is 12.5 Å². The third-order valence-corrected chi connectivity index (χ3v) is 4.65. The van der Waals surface area contributed by atoms with Crippen molar-refractivity contribution in [2.75, 3.05) is 26.9 Å². The molecule has 2 aromatic carbocycles. The van der Waals surface area contributed by atoms with E-state index in [0.29, 0.717) is 12.4 Å². The molecule has 0 spiro atoms. The Hall–Kier alpha value is -2.08. The van der Waals surface area contributed by atoms with Crippen LogP contribution in [0, 0.1) is 0 Å². The summed E-state index contributed by atoms with van der Waals surface area (Å²) in [4.78, 5) is 0. The van der Waals surface area contributed by atoms with Gasteiger partial charge < -0.3 is 24.1 Å². The fourth-order valence-electron chi connectivity index (χ4n) is 2.69. The van der Waals surface area contributed by atoms with Gasteiger partial charge in [-0.05, 0) is 35.4 Å². The number of aliphatic hydroxyl groups is 1. The Morgan fingerprint density at radius 1 is 1.00 bits per heavy atom. The Bertz CT molecular complexity index is 689. The van der Waals surface area contributed by atoms with E-state index in [4.69, 9.17) is 18.9 Å². The molecule has 2 unspecified atom stereocenters. The van der Waals surface area contributed by atoms with Crippen molar-refractivity contribution >= 4 is 0 Å². The van der Waals surface area contributed by atoms with Crippen molar-refractivity contribution in [2.45, 2.75) is 31.7 Å². The van der Waals surface area contributed by atoms with E-state index < -0.39 is 6.29 Å². The first-order valence-electron chi connectivity index (χ1n) is 8.78. The van der Waals surface area contributed by atoms with E-state index in [2.05, 4.69) is 26.0 Å². The Morgan fingerprint density at radius 3 is 1.96 bits per heavy atom. The molecule has 1 fully saturated rings. The van der Waals surface area contributed by atoms with Crippen molar-refractivity contribution in [3.63, 3.8) is 0 Å². The van der Waals surface area contributed by atoms with Crippen molar-refractivity contribution in [1.82, 2.24) is 0 Å². The largest absolute Gasteiger partial charge is 0.491 e. The molecule has 0 radical (unpaired) electrons. The molecule has 0 aliphatic carbocycles. The Morgan fingerprint density at radius 2 is 1.50 bits per heavy atom. The molecule has 2 aromatic rings. The van der Waals surface area contributed by atoms with Gasteiger partial charge in [0.15, 0.2) is 6.29 Å². The minimum Gasteiger partial charge on any atom is -0.491 e. The van der Waals surface area contributed by atoms with Gasteiger partial charge in [0.1, 0.15) is 30.8 Å². The predicted octanol–water partition coefficient (Wildman–Crippen LogP) is 3.13. The SMILES string of the molecule is COC(O)COc1ccc(C(C)(C)c2ccc(OCC3CO3)cc2)cc1. The molecule has 0 amide bonds. The van der Waals surface area contributed by atoms with Gasteiger partial charge in [-0.15, -0.1) is 0 Å². The normalized spacial score (nSPS) is 17.6. The van der Waals surface area contributed by atoms with E-state index in [-0.39, 0.29) is 18.1 Å². The van der Waals surface area contributed by atoms with Gasteiger partial charge in [-0.3, -0.25) is 0 Å². The van der Waals surface area contributed by atoms with Gasteiger partial charge in [-0.1, -0.05) is 38.1 Å². The zero-order chi connectivity index (χ0) is 18.6. The van der Waals surface area contributed by atoms with Crippen molar-refractivity contribution < 1.29 is 24.1 Å². The van der Waals surface area contributed by atoms with Crippen LogP contribution in [0.5, 0.6) is 11.5 Å². The molecule has 0 saturated carbocycles. The van der Waals surface area contributed by atoms with Crippen LogP contribution in [0.1, 0.15) is 25.0 Å². The third-order valence-electron chi connectivity index (χ3n) is 4.65. The lowest BCUT2D eigenvalue weighted by Crippen LogP contribution is -2.20.